The number of rotatable bonds is 9. The first-order chi connectivity index (χ1) is 12.8. The van der Waals surface area contributed by atoms with Crippen LogP contribution in [0.15, 0.2) is 53.4 Å². The van der Waals surface area contributed by atoms with Crippen molar-refractivity contribution >= 4 is 15.7 Å². The van der Waals surface area contributed by atoms with Crippen molar-refractivity contribution in [3.63, 3.8) is 0 Å². The molecule has 2 aromatic carbocycles. The van der Waals surface area contributed by atoms with Crippen LogP contribution in [0, 0.1) is 10.1 Å². The van der Waals surface area contributed by atoms with E-state index in [2.05, 4.69) is 4.72 Å². The van der Waals surface area contributed by atoms with Crippen LogP contribution >= 0.6 is 0 Å². The molecule has 146 valence electrons. The summed E-state index contributed by atoms with van der Waals surface area (Å²) in [5.41, 5.74) is 0.307. The summed E-state index contributed by atoms with van der Waals surface area (Å²) in [4.78, 5) is 10.0. The Kier molecular flexibility index (Phi) is 6.86. The van der Waals surface area contributed by atoms with Gasteiger partial charge in [-0.25, -0.2) is 8.42 Å². The first-order valence-corrected chi connectivity index (χ1v) is 9.27. The second kappa shape index (κ2) is 8.91. The zero-order valence-corrected chi connectivity index (χ0v) is 15.8. The number of ether oxygens (including phenoxy) is 3. The predicted octanol–water partition coefficient (Wildman–Crippen LogP) is 2.24. The molecule has 0 saturated heterocycles. The lowest BCUT2D eigenvalue weighted by Gasteiger charge is -2.27. The van der Waals surface area contributed by atoms with E-state index in [1.54, 1.807) is 24.3 Å². The molecule has 0 saturated carbocycles. The van der Waals surface area contributed by atoms with Gasteiger partial charge in [-0.1, -0.05) is 18.2 Å². The SMILES string of the molecule is COc1ccccc1C(NS(=O)(=O)c1ccc([N+](=O)[O-])cc1)C(OC)OC. The first-order valence-electron chi connectivity index (χ1n) is 7.79. The number of para-hydroxylation sites is 1. The fraction of sp³-hybridized carbons (Fsp3) is 0.294. The molecule has 0 fully saturated rings. The Bertz CT molecular complexity index is 880. The third-order valence-corrected chi connectivity index (χ3v) is 5.31. The van der Waals surface area contributed by atoms with Crippen molar-refractivity contribution in [3.8, 4) is 5.75 Å². The van der Waals surface area contributed by atoms with E-state index in [-0.39, 0.29) is 10.6 Å². The van der Waals surface area contributed by atoms with E-state index in [9.17, 15) is 18.5 Å². The van der Waals surface area contributed by atoms with E-state index in [1.807, 2.05) is 0 Å². The van der Waals surface area contributed by atoms with Gasteiger partial charge in [0.1, 0.15) is 11.8 Å². The van der Waals surface area contributed by atoms with Crippen molar-refractivity contribution in [2.45, 2.75) is 17.2 Å². The molecule has 1 unspecified atom stereocenters. The van der Waals surface area contributed by atoms with Crippen molar-refractivity contribution in [2.75, 3.05) is 21.3 Å². The molecule has 0 heterocycles. The molecule has 0 amide bonds. The van der Waals surface area contributed by atoms with E-state index in [0.29, 0.717) is 11.3 Å². The highest BCUT2D eigenvalue weighted by molar-refractivity contribution is 7.89. The third-order valence-electron chi connectivity index (χ3n) is 3.85. The molecule has 1 N–H and O–H groups in total. The van der Waals surface area contributed by atoms with Crippen molar-refractivity contribution in [1.82, 2.24) is 4.72 Å². The van der Waals surface area contributed by atoms with Crippen LogP contribution in [-0.2, 0) is 19.5 Å². The minimum atomic E-state index is -4.03. The summed E-state index contributed by atoms with van der Waals surface area (Å²) in [7, 11) is 0.210. The fourth-order valence-electron chi connectivity index (χ4n) is 2.54. The van der Waals surface area contributed by atoms with Gasteiger partial charge in [0.15, 0.2) is 6.29 Å². The summed E-state index contributed by atoms with van der Waals surface area (Å²) in [6.07, 6.45) is -0.936. The molecule has 10 heteroatoms. The monoisotopic (exact) mass is 396 g/mol. The van der Waals surface area contributed by atoms with E-state index in [0.717, 1.165) is 24.3 Å². The Balaban J connectivity index is 2.43. The lowest BCUT2D eigenvalue weighted by atomic mass is 10.1. The molecule has 0 aliphatic carbocycles. The average Bonchev–Trinajstić information content (AvgIpc) is 2.68. The van der Waals surface area contributed by atoms with Crippen LogP contribution in [-0.4, -0.2) is 41.0 Å². The van der Waals surface area contributed by atoms with Crippen molar-refractivity contribution in [1.29, 1.82) is 0 Å². The summed E-state index contributed by atoms with van der Waals surface area (Å²) >= 11 is 0. The first kappa shape index (κ1) is 20.8. The van der Waals surface area contributed by atoms with Crippen molar-refractivity contribution in [2.24, 2.45) is 0 Å². The number of nitrogens with zero attached hydrogens (tertiary/aromatic N) is 1. The maximum absolute atomic E-state index is 12.8. The number of nitro benzene ring substituents is 1. The summed E-state index contributed by atoms with van der Waals surface area (Å²) in [6.45, 7) is 0. The van der Waals surface area contributed by atoms with Crippen LogP contribution in [0.3, 0.4) is 0 Å². The second-order valence-corrected chi connectivity index (χ2v) is 7.15. The van der Waals surface area contributed by atoms with Gasteiger partial charge in [-0.3, -0.25) is 10.1 Å². The highest BCUT2D eigenvalue weighted by atomic mass is 32.2. The highest BCUT2D eigenvalue weighted by Gasteiger charge is 2.31. The Labute approximate surface area is 157 Å². The molecule has 0 bridgehead atoms. The normalized spacial score (nSPS) is 12.7. The molecule has 27 heavy (non-hydrogen) atoms. The summed E-state index contributed by atoms with van der Waals surface area (Å²) in [6, 6.07) is 10.5. The number of methoxy groups -OCH3 is 3. The molecular weight excluding hydrogens is 376 g/mol. The lowest BCUT2D eigenvalue weighted by molar-refractivity contribution is -0.384. The summed E-state index contributed by atoms with van der Waals surface area (Å²) in [5.74, 6) is 0.452. The van der Waals surface area contributed by atoms with Gasteiger partial charge in [0.25, 0.3) is 5.69 Å². The molecule has 0 aliphatic rings. The van der Waals surface area contributed by atoms with Gasteiger partial charge >= 0.3 is 0 Å². The molecular formula is C17H20N2O7S. The number of benzene rings is 2. The Morgan fingerprint density at radius 2 is 1.59 bits per heavy atom. The zero-order chi connectivity index (χ0) is 20.0. The van der Waals surface area contributed by atoms with Gasteiger partial charge in [0.2, 0.25) is 10.0 Å². The molecule has 0 radical (unpaired) electrons. The van der Waals surface area contributed by atoms with Gasteiger partial charge in [-0.05, 0) is 18.2 Å². The quantitative estimate of drug-likeness (QED) is 0.392. The average molecular weight is 396 g/mol. The van der Waals surface area contributed by atoms with E-state index >= 15 is 0 Å². The number of hydrogen-bond acceptors (Lipinski definition) is 7. The van der Waals surface area contributed by atoms with Crippen molar-refractivity contribution in [3.05, 3.63) is 64.2 Å². The molecule has 0 spiro atoms. The number of hydrogen-bond donors (Lipinski definition) is 1. The molecule has 0 aliphatic heterocycles. The molecule has 1 atom stereocenters. The summed E-state index contributed by atoms with van der Waals surface area (Å²) in [5, 5.41) is 10.8. The number of nitro groups is 1. The fourth-order valence-corrected chi connectivity index (χ4v) is 3.74. The predicted molar refractivity (Wildman–Crippen MR) is 97.0 cm³/mol. The second-order valence-electron chi connectivity index (χ2n) is 5.43. The van der Waals surface area contributed by atoms with Crippen LogP contribution in [0.2, 0.25) is 0 Å². The topological polar surface area (TPSA) is 117 Å². The number of non-ortho nitro benzene ring substituents is 1. The van der Waals surface area contributed by atoms with Crippen LogP contribution in [0.25, 0.3) is 0 Å². The van der Waals surface area contributed by atoms with E-state index < -0.39 is 27.3 Å². The molecule has 2 rings (SSSR count). The van der Waals surface area contributed by atoms with E-state index in [1.165, 1.54) is 21.3 Å². The van der Waals surface area contributed by atoms with E-state index in [4.69, 9.17) is 14.2 Å². The number of sulfonamides is 1. The van der Waals surface area contributed by atoms with Gasteiger partial charge in [0, 0.05) is 31.9 Å². The smallest absolute Gasteiger partial charge is 0.269 e. The van der Waals surface area contributed by atoms with Gasteiger partial charge in [-0.2, -0.15) is 4.72 Å². The summed E-state index contributed by atoms with van der Waals surface area (Å²) < 4.78 is 43.9. The van der Waals surface area contributed by atoms with Gasteiger partial charge in [-0.15, -0.1) is 0 Å². The van der Waals surface area contributed by atoms with Crippen LogP contribution < -0.4 is 9.46 Å². The largest absolute Gasteiger partial charge is 0.496 e. The maximum Gasteiger partial charge on any atom is 0.269 e. The van der Waals surface area contributed by atoms with Crippen LogP contribution in [0.4, 0.5) is 5.69 Å². The highest BCUT2D eigenvalue weighted by Crippen LogP contribution is 2.30. The van der Waals surface area contributed by atoms with Gasteiger partial charge in [0.05, 0.1) is 16.9 Å². The minimum Gasteiger partial charge on any atom is -0.496 e. The minimum absolute atomic E-state index is 0.126. The number of nitrogens with one attached hydrogen (secondary N) is 1. The Morgan fingerprint density at radius 1 is 1.00 bits per heavy atom. The maximum atomic E-state index is 12.8. The lowest BCUT2D eigenvalue weighted by Crippen LogP contribution is -2.38. The standard InChI is InChI=1S/C17H20N2O7S/c1-24-15-7-5-4-6-14(15)16(17(25-2)26-3)18-27(22,23)13-10-8-12(9-11-13)19(20)21/h4-11,16-18H,1-3H3. The zero-order valence-electron chi connectivity index (χ0n) is 15.0. The third kappa shape index (κ3) is 4.80. The Hall–Kier alpha value is -2.53. The molecule has 0 aromatic heterocycles. The van der Waals surface area contributed by atoms with Crippen molar-refractivity contribution < 1.29 is 27.6 Å². The van der Waals surface area contributed by atoms with Crippen LogP contribution in [0.1, 0.15) is 11.6 Å². The molecule has 9 nitrogen and oxygen atoms in total. The van der Waals surface area contributed by atoms with Crippen LogP contribution in [0.5, 0.6) is 5.75 Å². The molecule has 2 aromatic rings. The van der Waals surface area contributed by atoms with Gasteiger partial charge < -0.3 is 14.2 Å². The Morgan fingerprint density at radius 3 is 2.11 bits per heavy atom.